The van der Waals surface area contributed by atoms with Gasteiger partial charge in [0, 0.05) is 6.07 Å². The third-order valence-electron chi connectivity index (χ3n) is 2.31. The molecule has 0 atom stereocenters. The molecule has 1 aromatic heterocycles. The molecule has 0 aliphatic heterocycles. The largest absolute Gasteiger partial charge is 0.451 e. The Labute approximate surface area is 117 Å². The monoisotopic (exact) mass is 295 g/mol. The van der Waals surface area contributed by atoms with Crippen molar-refractivity contribution in [2.75, 3.05) is 5.43 Å². The standard InChI is InChI=1S/C12H8F3N5O/c13-12(14,15)11-18-9(20-17)5-10(19-11)21-8-3-1-7(6-16)2-4-8/h1-5H,17H2,(H,18,19,20). The van der Waals surface area contributed by atoms with E-state index in [4.69, 9.17) is 15.8 Å². The Morgan fingerprint density at radius 2 is 1.86 bits per heavy atom. The fourth-order valence-electron chi connectivity index (χ4n) is 1.40. The maximum atomic E-state index is 12.6. The zero-order valence-corrected chi connectivity index (χ0v) is 10.3. The van der Waals surface area contributed by atoms with E-state index in [1.54, 1.807) is 0 Å². The summed E-state index contributed by atoms with van der Waals surface area (Å²) in [6.45, 7) is 0. The first-order chi connectivity index (χ1) is 9.92. The average molecular weight is 295 g/mol. The Bertz CT molecular complexity index is 679. The summed E-state index contributed by atoms with van der Waals surface area (Å²) in [6, 6.07) is 8.82. The highest BCUT2D eigenvalue weighted by atomic mass is 19.4. The number of benzene rings is 1. The van der Waals surface area contributed by atoms with Gasteiger partial charge in [0.25, 0.3) is 0 Å². The van der Waals surface area contributed by atoms with Crippen molar-refractivity contribution in [1.29, 1.82) is 5.26 Å². The number of nitrogen functional groups attached to an aromatic ring is 1. The highest BCUT2D eigenvalue weighted by Crippen LogP contribution is 2.30. The third-order valence-corrected chi connectivity index (χ3v) is 2.31. The van der Waals surface area contributed by atoms with Crippen LogP contribution < -0.4 is 16.0 Å². The molecule has 0 saturated carbocycles. The lowest BCUT2D eigenvalue weighted by Crippen LogP contribution is -2.16. The number of nitriles is 1. The molecule has 0 radical (unpaired) electrons. The van der Waals surface area contributed by atoms with Crippen molar-refractivity contribution < 1.29 is 17.9 Å². The van der Waals surface area contributed by atoms with Crippen molar-refractivity contribution in [2.45, 2.75) is 6.18 Å². The number of nitrogens with zero attached hydrogens (tertiary/aromatic N) is 3. The van der Waals surface area contributed by atoms with Gasteiger partial charge in [-0.2, -0.15) is 23.4 Å². The molecule has 0 unspecified atom stereocenters. The van der Waals surface area contributed by atoms with Crippen LogP contribution in [-0.2, 0) is 6.18 Å². The highest BCUT2D eigenvalue weighted by molar-refractivity contribution is 5.40. The van der Waals surface area contributed by atoms with E-state index in [1.165, 1.54) is 24.3 Å². The number of alkyl halides is 3. The van der Waals surface area contributed by atoms with Crippen LogP contribution in [0.1, 0.15) is 11.4 Å². The van der Waals surface area contributed by atoms with Crippen molar-refractivity contribution >= 4 is 5.82 Å². The molecule has 6 nitrogen and oxygen atoms in total. The summed E-state index contributed by atoms with van der Waals surface area (Å²) in [7, 11) is 0. The molecular formula is C12H8F3N5O. The quantitative estimate of drug-likeness (QED) is 0.667. The predicted octanol–water partition coefficient (Wildman–Crippen LogP) is 2.44. The Kier molecular flexibility index (Phi) is 3.91. The molecule has 21 heavy (non-hydrogen) atoms. The first-order valence-corrected chi connectivity index (χ1v) is 5.53. The van der Waals surface area contributed by atoms with Crippen molar-refractivity contribution in [2.24, 2.45) is 5.84 Å². The average Bonchev–Trinajstić information content (AvgIpc) is 2.46. The lowest BCUT2D eigenvalue weighted by atomic mass is 10.2. The van der Waals surface area contributed by atoms with E-state index in [0.717, 1.165) is 6.07 Å². The second kappa shape index (κ2) is 5.64. The number of ether oxygens (including phenoxy) is 1. The summed E-state index contributed by atoms with van der Waals surface area (Å²) in [6.07, 6.45) is -4.73. The van der Waals surface area contributed by atoms with Gasteiger partial charge in [-0.05, 0) is 24.3 Å². The van der Waals surface area contributed by atoms with Crippen molar-refractivity contribution in [3.05, 3.63) is 41.7 Å². The van der Waals surface area contributed by atoms with E-state index in [1.807, 2.05) is 11.5 Å². The van der Waals surface area contributed by atoms with Crippen LogP contribution in [0.3, 0.4) is 0 Å². The Morgan fingerprint density at radius 3 is 2.38 bits per heavy atom. The lowest BCUT2D eigenvalue weighted by molar-refractivity contribution is -0.145. The number of hydrogen-bond donors (Lipinski definition) is 2. The predicted molar refractivity (Wildman–Crippen MR) is 66.1 cm³/mol. The van der Waals surface area contributed by atoms with E-state index in [0.29, 0.717) is 5.56 Å². The number of rotatable bonds is 3. The Balaban J connectivity index is 2.32. The summed E-state index contributed by atoms with van der Waals surface area (Å²) in [4.78, 5) is 6.47. The molecule has 0 fully saturated rings. The molecule has 0 aliphatic carbocycles. The number of anilines is 1. The van der Waals surface area contributed by atoms with Gasteiger partial charge < -0.3 is 10.2 Å². The van der Waals surface area contributed by atoms with E-state index >= 15 is 0 Å². The third kappa shape index (κ3) is 3.58. The first-order valence-electron chi connectivity index (χ1n) is 5.53. The number of nitrogens with one attached hydrogen (secondary N) is 1. The van der Waals surface area contributed by atoms with Gasteiger partial charge in [0.1, 0.15) is 11.6 Å². The van der Waals surface area contributed by atoms with Crippen LogP contribution in [0, 0.1) is 11.3 Å². The van der Waals surface area contributed by atoms with Crippen LogP contribution in [0.15, 0.2) is 30.3 Å². The molecule has 2 rings (SSSR count). The zero-order chi connectivity index (χ0) is 15.5. The minimum Gasteiger partial charge on any atom is -0.439 e. The normalized spacial score (nSPS) is 10.8. The summed E-state index contributed by atoms with van der Waals surface area (Å²) < 4.78 is 43.1. The van der Waals surface area contributed by atoms with E-state index < -0.39 is 12.0 Å². The van der Waals surface area contributed by atoms with E-state index in [-0.39, 0.29) is 17.4 Å². The molecule has 9 heteroatoms. The number of aromatic nitrogens is 2. The number of halogens is 3. The SMILES string of the molecule is N#Cc1ccc(Oc2cc(NN)nc(C(F)(F)F)n2)cc1. The highest BCUT2D eigenvalue weighted by Gasteiger charge is 2.35. The minimum atomic E-state index is -4.73. The van der Waals surface area contributed by atoms with Gasteiger partial charge in [-0.3, -0.25) is 0 Å². The molecule has 3 N–H and O–H groups in total. The molecule has 0 bridgehead atoms. The first kappa shape index (κ1) is 14.5. The summed E-state index contributed by atoms with van der Waals surface area (Å²) in [5.74, 6) is 3.36. The second-order valence-corrected chi connectivity index (χ2v) is 3.80. The maximum absolute atomic E-state index is 12.6. The van der Waals surface area contributed by atoms with Crippen molar-refractivity contribution in [3.8, 4) is 17.7 Å². The molecule has 0 saturated heterocycles. The Hall–Kier alpha value is -2.86. The second-order valence-electron chi connectivity index (χ2n) is 3.80. The van der Waals surface area contributed by atoms with Gasteiger partial charge in [0.2, 0.25) is 11.7 Å². The fraction of sp³-hybridized carbons (Fsp3) is 0.0833. The summed E-state index contributed by atoms with van der Waals surface area (Å²) >= 11 is 0. The van der Waals surface area contributed by atoms with Gasteiger partial charge in [0.05, 0.1) is 11.6 Å². The van der Waals surface area contributed by atoms with Crippen molar-refractivity contribution in [3.63, 3.8) is 0 Å². The molecule has 2 aromatic rings. The fourth-order valence-corrected chi connectivity index (χ4v) is 1.40. The molecule has 0 amide bonds. The van der Waals surface area contributed by atoms with Gasteiger partial charge in [-0.25, -0.2) is 10.8 Å². The van der Waals surface area contributed by atoms with Crippen LogP contribution in [0.4, 0.5) is 19.0 Å². The van der Waals surface area contributed by atoms with Crippen LogP contribution in [0.5, 0.6) is 11.6 Å². The molecule has 0 aliphatic rings. The lowest BCUT2D eigenvalue weighted by Gasteiger charge is -2.10. The number of hydrazine groups is 1. The van der Waals surface area contributed by atoms with Gasteiger partial charge in [-0.1, -0.05) is 0 Å². The molecule has 0 spiro atoms. The molecule has 1 aromatic carbocycles. The van der Waals surface area contributed by atoms with Crippen molar-refractivity contribution in [1.82, 2.24) is 9.97 Å². The van der Waals surface area contributed by atoms with Crippen LogP contribution in [0.25, 0.3) is 0 Å². The summed E-state index contributed by atoms with van der Waals surface area (Å²) in [5.41, 5.74) is 2.40. The maximum Gasteiger partial charge on any atom is 0.451 e. The molecule has 108 valence electrons. The van der Waals surface area contributed by atoms with Crippen LogP contribution in [-0.4, -0.2) is 9.97 Å². The number of hydrogen-bond acceptors (Lipinski definition) is 6. The molecule has 1 heterocycles. The zero-order valence-electron chi connectivity index (χ0n) is 10.3. The Morgan fingerprint density at radius 1 is 1.19 bits per heavy atom. The van der Waals surface area contributed by atoms with E-state index in [2.05, 4.69) is 9.97 Å². The number of nitrogens with two attached hydrogens (primary N) is 1. The van der Waals surface area contributed by atoms with Crippen LogP contribution >= 0.6 is 0 Å². The summed E-state index contributed by atoms with van der Waals surface area (Å²) in [5, 5.41) is 8.65. The van der Waals surface area contributed by atoms with Crippen LogP contribution in [0.2, 0.25) is 0 Å². The van der Waals surface area contributed by atoms with Gasteiger partial charge in [0.15, 0.2) is 0 Å². The van der Waals surface area contributed by atoms with Gasteiger partial charge in [-0.15, -0.1) is 0 Å². The van der Waals surface area contributed by atoms with E-state index in [9.17, 15) is 13.2 Å². The smallest absolute Gasteiger partial charge is 0.439 e. The minimum absolute atomic E-state index is 0.226. The topological polar surface area (TPSA) is 96.8 Å². The molecular weight excluding hydrogens is 287 g/mol. The van der Waals surface area contributed by atoms with Gasteiger partial charge >= 0.3 is 6.18 Å².